The Kier molecular flexibility index (Phi) is 7.98. The molecule has 3 aromatic rings. The Morgan fingerprint density at radius 2 is 1.87 bits per heavy atom. The van der Waals surface area contributed by atoms with E-state index < -0.39 is 0 Å². The number of nitrogens with zero attached hydrogens (tertiary/aromatic N) is 3. The molecule has 1 N–H and O–H groups in total. The van der Waals surface area contributed by atoms with Crippen LogP contribution < -0.4 is 9.47 Å². The molecule has 0 bridgehead atoms. The number of nitrogens with one attached hydrogen (secondary N) is 1. The first-order valence-corrected chi connectivity index (χ1v) is 15.5. The van der Waals surface area contributed by atoms with Gasteiger partial charge in [-0.2, -0.15) is 0 Å². The van der Waals surface area contributed by atoms with Gasteiger partial charge in [0.05, 0.1) is 0 Å². The molecule has 2 aliphatic rings. The normalized spacial score (nSPS) is 16.7. The molecule has 0 unspecified atom stereocenters. The van der Waals surface area contributed by atoms with Gasteiger partial charge in [-0.25, -0.2) is 0 Å². The van der Waals surface area contributed by atoms with E-state index in [0.29, 0.717) is 16.7 Å². The van der Waals surface area contributed by atoms with Crippen LogP contribution >= 0.6 is 11.8 Å². The number of hydrogen-bond donors (Lipinski definition) is 1. The molecule has 0 fully saturated rings. The van der Waals surface area contributed by atoms with Crippen molar-refractivity contribution < 1.29 is 9.36 Å². The number of rotatable bonds is 9. The third-order valence-corrected chi connectivity index (χ3v) is 10.2. The van der Waals surface area contributed by atoms with Gasteiger partial charge in [-0.3, -0.25) is 0 Å². The number of fused-ring (bicyclic) bond motifs is 2. The number of aryl methyl sites for hydroxylation is 1. The fourth-order valence-corrected chi connectivity index (χ4v) is 8.31. The zero-order valence-electron chi connectivity index (χ0n) is 21.6. The molecular formula is C31H29N4OSSe+. The van der Waals surface area contributed by atoms with Crippen LogP contribution in [0.2, 0.25) is 0 Å². The maximum absolute atomic E-state index is 13.6. The van der Waals surface area contributed by atoms with Gasteiger partial charge in [0.1, 0.15) is 0 Å². The van der Waals surface area contributed by atoms with E-state index in [1.807, 2.05) is 24.3 Å². The van der Waals surface area contributed by atoms with Crippen molar-refractivity contribution in [1.29, 1.82) is 10.7 Å². The van der Waals surface area contributed by atoms with Gasteiger partial charge in [0.2, 0.25) is 0 Å². The van der Waals surface area contributed by atoms with E-state index >= 15 is 0 Å². The zero-order valence-corrected chi connectivity index (χ0v) is 24.1. The van der Waals surface area contributed by atoms with Gasteiger partial charge in [-0.1, -0.05) is 0 Å². The topological polar surface area (TPSA) is 71.8 Å². The molecule has 0 radical (unpaired) electrons. The summed E-state index contributed by atoms with van der Waals surface area (Å²) in [6.07, 6.45) is 8.13. The monoisotopic (exact) mass is 585 g/mol. The number of anilines is 1. The molecule has 5 rings (SSSR count). The summed E-state index contributed by atoms with van der Waals surface area (Å²) in [5.41, 5.74) is 4.02. The van der Waals surface area contributed by atoms with E-state index in [1.165, 1.54) is 9.78 Å². The number of ketones is 1. The van der Waals surface area contributed by atoms with Crippen LogP contribution in [0.1, 0.15) is 44.1 Å². The molecule has 1 aliphatic carbocycles. The Morgan fingerprint density at radius 1 is 1.11 bits per heavy atom. The van der Waals surface area contributed by atoms with Crippen molar-refractivity contribution in [3.63, 3.8) is 0 Å². The van der Waals surface area contributed by atoms with Crippen molar-refractivity contribution in [2.75, 3.05) is 11.4 Å². The molecule has 0 saturated carbocycles. The zero-order chi connectivity index (χ0) is 26.6. The molecule has 2 heterocycles. The van der Waals surface area contributed by atoms with Gasteiger partial charge in [-0.05, 0) is 0 Å². The van der Waals surface area contributed by atoms with E-state index in [4.69, 9.17) is 5.41 Å². The van der Waals surface area contributed by atoms with Gasteiger partial charge in [0.25, 0.3) is 0 Å². The number of thioether (sulfide) groups is 1. The number of para-hydroxylation sites is 2. The Morgan fingerprint density at radius 3 is 2.63 bits per heavy atom. The summed E-state index contributed by atoms with van der Waals surface area (Å²) in [6, 6.07) is 18.8. The fourth-order valence-electron chi connectivity index (χ4n) is 4.81. The molecule has 2 aromatic carbocycles. The number of nitriles is 1. The molecule has 7 heteroatoms. The van der Waals surface area contributed by atoms with E-state index in [9.17, 15) is 10.1 Å². The van der Waals surface area contributed by atoms with Crippen LogP contribution in [0, 0.1) is 16.7 Å². The third-order valence-electron chi connectivity index (χ3n) is 6.79. The van der Waals surface area contributed by atoms with Crippen molar-refractivity contribution in [1.82, 2.24) is 0 Å². The molecule has 1 aromatic heterocycles. The van der Waals surface area contributed by atoms with Gasteiger partial charge < -0.3 is 0 Å². The van der Waals surface area contributed by atoms with E-state index in [0.717, 1.165) is 59.0 Å². The fraction of sp³-hybridized carbons (Fsp3) is 0.258. The van der Waals surface area contributed by atoms with Crippen molar-refractivity contribution in [2.45, 2.75) is 51.0 Å². The summed E-state index contributed by atoms with van der Waals surface area (Å²) in [5.74, 6) is 2.22. The van der Waals surface area contributed by atoms with Crippen molar-refractivity contribution in [2.24, 2.45) is 0 Å². The number of benzene rings is 2. The van der Waals surface area contributed by atoms with Crippen molar-refractivity contribution in [3.8, 4) is 6.07 Å². The predicted molar refractivity (Wildman–Crippen MR) is 155 cm³/mol. The first kappa shape index (κ1) is 26.2. The number of aromatic nitrogens is 1. The molecule has 1 aliphatic heterocycles. The standard InChI is InChI=1S/C31H29N4OSSe/c1-3-5-15-34-24-11-7-9-13-26(24)37-28(34)17-22-30(21(19-32)20-33)23(31(22)36)18-29-35(16-6-4-2)25-12-8-10-14-27(25)38-29/h7-14,17-18,32H,3-6,15-16H2,1-2H3/q+1. The van der Waals surface area contributed by atoms with Gasteiger partial charge >= 0.3 is 234 Å². The molecule has 0 spiro atoms. The summed E-state index contributed by atoms with van der Waals surface area (Å²) in [5, 5.41) is 18.6. The van der Waals surface area contributed by atoms with Crippen LogP contribution in [-0.2, 0) is 11.3 Å². The average molecular weight is 585 g/mol. The van der Waals surface area contributed by atoms with Crippen molar-refractivity contribution >= 4 is 59.5 Å². The summed E-state index contributed by atoms with van der Waals surface area (Å²) in [4.78, 5) is 17.1. The minimum atomic E-state index is -0.0720. The Bertz CT molecular complexity index is 1610. The SMILES string of the molecule is CCCCN1/C(=C/C2=C(C(=C=N)C#N)C(=C/c3[se]c4ccccc4[n+]3CCCC)/C2=O)Sc2ccccc21. The van der Waals surface area contributed by atoms with Gasteiger partial charge in [0, 0.05) is 0 Å². The second kappa shape index (κ2) is 11.6. The Hall–Kier alpha value is -3.39. The third kappa shape index (κ3) is 4.77. The summed E-state index contributed by atoms with van der Waals surface area (Å²) >= 11 is 1.72. The molecule has 0 amide bonds. The first-order valence-electron chi connectivity index (χ1n) is 13.0. The number of carbonyl (C=O) groups excluding carboxylic acids is 1. The molecule has 0 atom stereocenters. The van der Waals surface area contributed by atoms with Crippen LogP contribution in [0.4, 0.5) is 5.69 Å². The quantitative estimate of drug-likeness (QED) is 0.107. The van der Waals surface area contributed by atoms with Crippen LogP contribution in [0.3, 0.4) is 0 Å². The van der Waals surface area contributed by atoms with Crippen LogP contribution in [0.5, 0.6) is 0 Å². The summed E-state index contributed by atoms with van der Waals surface area (Å²) in [6.45, 7) is 6.11. The Balaban J connectivity index is 1.62. The minimum absolute atomic E-state index is 0.0675. The number of hydrogen-bond acceptors (Lipinski definition) is 5. The molecule has 5 nitrogen and oxygen atoms in total. The number of Topliss-reactive ketones (excluding diaryl/α,β-unsaturated/α-hetero) is 1. The van der Waals surface area contributed by atoms with Crippen LogP contribution in [0.25, 0.3) is 15.9 Å². The maximum atomic E-state index is 13.6. The van der Waals surface area contributed by atoms with Crippen LogP contribution in [-0.4, -0.2) is 32.7 Å². The van der Waals surface area contributed by atoms with Gasteiger partial charge in [0.15, 0.2) is 0 Å². The number of unbranched alkanes of at least 4 members (excludes halogenated alkanes) is 2. The van der Waals surface area contributed by atoms with E-state index in [-0.39, 0.29) is 25.9 Å². The van der Waals surface area contributed by atoms with E-state index in [2.05, 4.69) is 71.7 Å². The molecule has 190 valence electrons. The number of carbonyl (C=O) groups is 1. The molecule has 38 heavy (non-hydrogen) atoms. The molecule has 0 saturated heterocycles. The summed E-state index contributed by atoms with van der Waals surface area (Å²) in [7, 11) is 0. The van der Waals surface area contributed by atoms with Gasteiger partial charge in [-0.15, -0.1) is 0 Å². The molecular weight excluding hydrogens is 555 g/mol. The average Bonchev–Trinajstić information content (AvgIpc) is 3.48. The summed E-state index contributed by atoms with van der Waals surface area (Å²) < 4.78 is 4.75. The first-order chi connectivity index (χ1) is 18.6. The Labute approximate surface area is 233 Å². The van der Waals surface area contributed by atoms with E-state index in [1.54, 1.807) is 11.8 Å². The van der Waals surface area contributed by atoms with Crippen molar-refractivity contribution in [3.05, 3.63) is 86.5 Å². The number of allylic oxidation sites excluding steroid dienone is 5. The van der Waals surface area contributed by atoms with Crippen LogP contribution in [0.15, 0.2) is 86.8 Å². The predicted octanol–water partition coefficient (Wildman–Crippen LogP) is 6.20. The second-order valence-corrected chi connectivity index (χ2v) is 12.5. The second-order valence-electron chi connectivity index (χ2n) is 9.26.